The van der Waals surface area contributed by atoms with E-state index in [1.165, 1.54) is 23.7 Å². The molecule has 1 amide bonds. The number of para-hydroxylation sites is 1. The number of fused-ring (bicyclic) bond motifs is 2. The summed E-state index contributed by atoms with van der Waals surface area (Å²) in [4.78, 5) is 22.5. The van der Waals surface area contributed by atoms with Crippen LogP contribution in [0.3, 0.4) is 0 Å². The van der Waals surface area contributed by atoms with Crippen LogP contribution in [0, 0.1) is 5.92 Å². The lowest BCUT2D eigenvalue weighted by molar-refractivity contribution is 0.0709. The molecule has 3 aliphatic rings. The van der Waals surface area contributed by atoms with Crippen molar-refractivity contribution in [3.63, 3.8) is 0 Å². The summed E-state index contributed by atoms with van der Waals surface area (Å²) in [5, 5.41) is 4.73. The molecule has 0 bridgehead atoms. The Morgan fingerprint density at radius 1 is 1.17 bits per heavy atom. The summed E-state index contributed by atoms with van der Waals surface area (Å²) in [6.07, 6.45) is 6.51. The molecule has 7 heteroatoms. The van der Waals surface area contributed by atoms with E-state index in [1.807, 2.05) is 23.2 Å². The van der Waals surface area contributed by atoms with Crippen molar-refractivity contribution in [3.05, 3.63) is 53.7 Å². The highest BCUT2D eigenvalue weighted by Crippen LogP contribution is 2.40. The molecule has 3 aromatic rings. The van der Waals surface area contributed by atoms with Gasteiger partial charge in [0.1, 0.15) is 0 Å². The van der Waals surface area contributed by atoms with E-state index in [9.17, 15) is 4.79 Å². The first-order chi connectivity index (χ1) is 17.1. The van der Waals surface area contributed by atoms with Crippen molar-refractivity contribution in [2.75, 3.05) is 43.4 Å². The molecule has 1 aromatic heterocycles. The Bertz CT molecular complexity index is 1290. The number of aliphatic imine (C=N–C) groups is 1. The van der Waals surface area contributed by atoms with Gasteiger partial charge in [-0.1, -0.05) is 18.2 Å². The summed E-state index contributed by atoms with van der Waals surface area (Å²) in [5.74, 6) is 0.801. The lowest BCUT2D eigenvalue weighted by atomic mass is 10.0. The van der Waals surface area contributed by atoms with E-state index in [2.05, 4.69) is 52.2 Å². The van der Waals surface area contributed by atoms with Crippen LogP contribution in [0.2, 0.25) is 0 Å². The number of amides is 1. The summed E-state index contributed by atoms with van der Waals surface area (Å²) in [6.45, 7) is 4.14. The van der Waals surface area contributed by atoms with Crippen molar-refractivity contribution in [1.82, 2.24) is 9.47 Å². The Balaban J connectivity index is 1.39. The largest absolute Gasteiger partial charge is 0.382 e. The van der Waals surface area contributed by atoms with Crippen LogP contribution in [0.4, 0.5) is 17.1 Å². The fraction of sp³-hybridized carbons (Fsp3) is 0.429. The first kappa shape index (κ1) is 22.2. The Kier molecular flexibility index (Phi) is 5.72. The highest BCUT2D eigenvalue weighted by molar-refractivity contribution is 6.00. The monoisotopic (exact) mass is 470 g/mol. The average Bonchev–Trinajstić information content (AvgIpc) is 3.62. The zero-order chi connectivity index (χ0) is 23.9. The number of rotatable bonds is 5. The van der Waals surface area contributed by atoms with Crippen molar-refractivity contribution < 1.29 is 4.79 Å². The van der Waals surface area contributed by atoms with Gasteiger partial charge >= 0.3 is 0 Å². The van der Waals surface area contributed by atoms with Gasteiger partial charge in [-0.3, -0.25) is 9.79 Å². The third-order valence-electron chi connectivity index (χ3n) is 7.54. The van der Waals surface area contributed by atoms with Crippen molar-refractivity contribution in [2.24, 2.45) is 16.6 Å². The van der Waals surface area contributed by atoms with Crippen LogP contribution < -0.4 is 16.0 Å². The van der Waals surface area contributed by atoms with Gasteiger partial charge in [-0.15, -0.1) is 0 Å². The topological polar surface area (TPSA) is 78.9 Å². The molecule has 1 saturated carbocycles. The molecule has 7 nitrogen and oxygen atoms in total. The molecule has 35 heavy (non-hydrogen) atoms. The van der Waals surface area contributed by atoms with Crippen LogP contribution >= 0.6 is 0 Å². The highest BCUT2D eigenvalue weighted by atomic mass is 16.2. The van der Waals surface area contributed by atoms with E-state index >= 15 is 0 Å². The minimum Gasteiger partial charge on any atom is -0.382 e. The molecular formula is C28H34N6O. The zero-order valence-corrected chi connectivity index (χ0v) is 20.4. The lowest BCUT2D eigenvalue weighted by Crippen LogP contribution is -2.45. The zero-order valence-electron chi connectivity index (χ0n) is 20.4. The summed E-state index contributed by atoms with van der Waals surface area (Å²) >= 11 is 0. The van der Waals surface area contributed by atoms with Gasteiger partial charge in [0.05, 0.1) is 29.0 Å². The molecule has 1 aliphatic carbocycles. The third kappa shape index (κ3) is 4.41. The van der Waals surface area contributed by atoms with Crippen LogP contribution in [-0.2, 0) is 6.54 Å². The molecule has 0 radical (unpaired) electrons. The SMILES string of the molecule is CN1CCNc2cc(C(=O)N3CCCC(N)C3)cc(N=Cc3cc4ccccc4n3CC3CC3)c21. The molecule has 1 atom stereocenters. The number of anilines is 2. The summed E-state index contributed by atoms with van der Waals surface area (Å²) in [5.41, 5.74) is 12.0. The van der Waals surface area contributed by atoms with Crippen LogP contribution in [-0.4, -0.2) is 60.9 Å². The number of nitrogens with two attached hydrogens (primary N) is 1. The van der Waals surface area contributed by atoms with Gasteiger partial charge in [-0.25, -0.2) is 0 Å². The number of nitrogens with one attached hydrogen (secondary N) is 1. The molecule has 3 N–H and O–H groups in total. The molecule has 2 aliphatic heterocycles. The number of aromatic nitrogens is 1. The van der Waals surface area contributed by atoms with E-state index < -0.39 is 0 Å². The molecule has 2 aromatic carbocycles. The van der Waals surface area contributed by atoms with E-state index in [0.29, 0.717) is 12.1 Å². The molecule has 1 unspecified atom stereocenters. The molecular weight excluding hydrogens is 436 g/mol. The number of benzene rings is 2. The van der Waals surface area contributed by atoms with Gasteiger partial charge < -0.3 is 25.4 Å². The first-order valence-electron chi connectivity index (χ1n) is 12.9. The van der Waals surface area contributed by atoms with Crippen LogP contribution in [0.5, 0.6) is 0 Å². The van der Waals surface area contributed by atoms with Gasteiger partial charge in [0.2, 0.25) is 0 Å². The van der Waals surface area contributed by atoms with E-state index in [0.717, 1.165) is 67.7 Å². The van der Waals surface area contributed by atoms with Crippen LogP contribution in [0.1, 0.15) is 41.7 Å². The number of hydrogen-bond acceptors (Lipinski definition) is 5. The minimum atomic E-state index is 0.0391. The summed E-state index contributed by atoms with van der Waals surface area (Å²) < 4.78 is 2.40. The van der Waals surface area contributed by atoms with E-state index in [-0.39, 0.29) is 11.9 Å². The Labute approximate surface area is 206 Å². The lowest BCUT2D eigenvalue weighted by Gasteiger charge is -2.33. The molecule has 182 valence electrons. The number of hydrogen-bond donors (Lipinski definition) is 2. The highest BCUT2D eigenvalue weighted by Gasteiger charge is 2.26. The smallest absolute Gasteiger partial charge is 0.254 e. The van der Waals surface area contributed by atoms with Gasteiger partial charge in [-0.2, -0.15) is 0 Å². The molecule has 1 saturated heterocycles. The predicted octanol–water partition coefficient (Wildman–Crippen LogP) is 4.23. The van der Waals surface area contributed by atoms with Gasteiger partial charge in [0, 0.05) is 62.3 Å². The minimum absolute atomic E-state index is 0.0391. The Morgan fingerprint density at radius 2 is 2.03 bits per heavy atom. The third-order valence-corrected chi connectivity index (χ3v) is 7.54. The Morgan fingerprint density at radius 3 is 2.86 bits per heavy atom. The maximum atomic E-state index is 13.4. The second-order valence-corrected chi connectivity index (χ2v) is 10.3. The average molecular weight is 471 g/mol. The van der Waals surface area contributed by atoms with Gasteiger partial charge in [-0.05, 0) is 55.9 Å². The standard InChI is InChI=1S/C28H34N6O/c1-32-12-10-30-24-14-21(28(35)33-11-4-6-22(29)18-33)15-25(27(24)32)31-16-23-13-20-5-2-3-7-26(20)34(23)17-19-8-9-19/h2-3,5,7,13-16,19,22,30H,4,6,8-12,17-18,29H2,1H3. The Hall–Kier alpha value is -3.32. The van der Waals surface area contributed by atoms with Gasteiger partial charge in [0.15, 0.2) is 0 Å². The van der Waals surface area contributed by atoms with E-state index in [4.69, 9.17) is 10.7 Å². The van der Waals surface area contributed by atoms with Crippen molar-refractivity contribution in [2.45, 2.75) is 38.3 Å². The van der Waals surface area contributed by atoms with Gasteiger partial charge in [0.25, 0.3) is 5.91 Å². The second-order valence-electron chi connectivity index (χ2n) is 10.3. The maximum Gasteiger partial charge on any atom is 0.254 e. The molecule has 6 rings (SSSR count). The fourth-order valence-electron chi connectivity index (χ4n) is 5.46. The normalized spacial score (nSPS) is 20.3. The predicted molar refractivity (Wildman–Crippen MR) is 143 cm³/mol. The first-order valence-corrected chi connectivity index (χ1v) is 12.9. The van der Waals surface area contributed by atoms with Crippen molar-refractivity contribution in [1.29, 1.82) is 0 Å². The van der Waals surface area contributed by atoms with Crippen molar-refractivity contribution in [3.8, 4) is 0 Å². The number of likely N-dealkylation sites (N-methyl/N-ethyl adjacent to an activating group) is 1. The fourth-order valence-corrected chi connectivity index (χ4v) is 5.46. The number of carbonyl (C=O) groups is 1. The maximum absolute atomic E-state index is 13.4. The number of likely N-dealkylation sites (tertiary alicyclic amines) is 1. The van der Waals surface area contributed by atoms with Crippen molar-refractivity contribution >= 4 is 40.1 Å². The number of nitrogens with zero attached hydrogens (tertiary/aromatic N) is 4. The summed E-state index contributed by atoms with van der Waals surface area (Å²) in [6, 6.07) is 14.8. The van der Waals surface area contributed by atoms with Crippen LogP contribution in [0.25, 0.3) is 10.9 Å². The van der Waals surface area contributed by atoms with Crippen LogP contribution in [0.15, 0.2) is 47.5 Å². The number of piperidine rings is 1. The number of carbonyl (C=O) groups excluding carboxylic acids is 1. The van der Waals surface area contributed by atoms with E-state index in [1.54, 1.807) is 0 Å². The quantitative estimate of drug-likeness (QED) is 0.547. The summed E-state index contributed by atoms with van der Waals surface area (Å²) in [7, 11) is 2.09. The molecule has 2 fully saturated rings. The molecule has 3 heterocycles. The molecule has 0 spiro atoms. The second kappa shape index (κ2) is 9.04.